The second kappa shape index (κ2) is 7.35. The summed E-state index contributed by atoms with van der Waals surface area (Å²) < 4.78 is 6.18. The van der Waals surface area contributed by atoms with Crippen molar-refractivity contribution in [2.75, 3.05) is 25.0 Å². The second-order valence-corrected chi connectivity index (χ2v) is 7.21. The van der Waals surface area contributed by atoms with Crippen LogP contribution < -0.4 is 10.1 Å². The van der Waals surface area contributed by atoms with E-state index in [0.717, 1.165) is 49.7 Å². The van der Waals surface area contributed by atoms with Gasteiger partial charge in [0.2, 0.25) is 5.91 Å². The highest BCUT2D eigenvalue weighted by molar-refractivity contribution is 5.93. The molecule has 1 aromatic carbocycles. The van der Waals surface area contributed by atoms with Crippen molar-refractivity contribution in [3.05, 3.63) is 23.8 Å². The molecule has 23 heavy (non-hydrogen) atoms. The van der Waals surface area contributed by atoms with Crippen molar-refractivity contribution in [2.24, 2.45) is 5.92 Å². The van der Waals surface area contributed by atoms with Crippen molar-refractivity contribution >= 4 is 11.6 Å². The van der Waals surface area contributed by atoms with E-state index < -0.39 is 0 Å². The maximum atomic E-state index is 11.4. The summed E-state index contributed by atoms with van der Waals surface area (Å²) in [5.41, 5.74) is 2.13. The van der Waals surface area contributed by atoms with Crippen molar-refractivity contribution in [1.82, 2.24) is 4.90 Å². The summed E-state index contributed by atoms with van der Waals surface area (Å²) in [6.07, 6.45) is 5.19. The molecule has 0 aliphatic carbocycles. The zero-order valence-electron chi connectivity index (χ0n) is 14.3. The third-order valence-electron chi connectivity index (χ3n) is 4.83. The van der Waals surface area contributed by atoms with Crippen LogP contribution in [0.25, 0.3) is 0 Å². The number of anilines is 1. The van der Waals surface area contributed by atoms with Gasteiger partial charge < -0.3 is 15.0 Å². The van der Waals surface area contributed by atoms with Crippen LogP contribution in [0.15, 0.2) is 18.2 Å². The normalized spacial score (nSPS) is 19.5. The van der Waals surface area contributed by atoms with Crippen LogP contribution in [-0.4, -0.2) is 36.5 Å². The van der Waals surface area contributed by atoms with E-state index >= 15 is 0 Å². The van der Waals surface area contributed by atoms with E-state index in [4.69, 9.17) is 4.74 Å². The quantitative estimate of drug-likeness (QED) is 0.904. The maximum absolute atomic E-state index is 11.4. The lowest BCUT2D eigenvalue weighted by Gasteiger charge is -2.32. The molecule has 4 heteroatoms. The molecule has 3 rings (SSSR count). The highest BCUT2D eigenvalue weighted by Gasteiger charge is 2.21. The molecule has 0 spiro atoms. The smallest absolute Gasteiger partial charge is 0.224 e. The van der Waals surface area contributed by atoms with Crippen LogP contribution in [0.2, 0.25) is 0 Å². The molecule has 0 bridgehead atoms. The van der Waals surface area contributed by atoms with Crippen LogP contribution in [0.5, 0.6) is 5.75 Å². The monoisotopic (exact) mass is 316 g/mol. The molecule has 0 aromatic heterocycles. The summed E-state index contributed by atoms with van der Waals surface area (Å²) in [4.78, 5) is 14.0. The number of hydrogen-bond acceptors (Lipinski definition) is 3. The van der Waals surface area contributed by atoms with Gasteiger partial charge in [0.25, 0.3) is 0 Å². The van der Waals surface area contributed by atoms with E-state index in [0.29, 0.717) is 12.5 Å². The van der Waals surface area contributed by atoms with Gasteiger partial charge in [-0.3, -0.25) is 4.79 Å². The lowest BCUT2D eigenvalue weighted by atomic mass is 10.0. The Labute approximate surface area is 139 Å². The third kappa shape index (κ3) is 4.47. The van der Waals surface area contributed by atoms with Gasteiger partial charge in [0.15, 0.2) is 0 Å². The Morgan fingerprint density at radius 2 is 2.04 bits per heavy atom. The first-order valence-electron chi connectivity index (χ1n) is 8.92. The number of likely N-dealkylation sites (tertiary alicyclic amines) is 1. The summed E-state index contributed by atoms with van der Waals surface area (Å²) in [5, 5.41) is 2.92. The largest absolute Gasteiger partial charge is 0.490 e. The number of carbonyl (C=O) groups is 1. The van der Waals surface area contributed by atoms with E-state index in [9.17, 15) is 4.79 Å². The molecule has 0 saturated carbocycles. The number of hydrogen-bond donors (Lipinski definition) is 1. The van der Waals surface area contributed by atoms with E-state index in [1.165, 1.54) is 18.5 Å². The van der Waals surface area contributed by atoms with Crippen molar-refractivity contribution < 1.29 is 9.53 Å². The van der Waals surface area contributed by atoms with Gasteiger partial charge >= 0.3 is 0 Å². The fourth-order valence-corrected chi connectivity index (χ4v) is 3.32. The number of ether oxygens (including phenoxy) is 1. The summed E-state index contributed by atoms with van der Waals surface area (Å²) in [7, 11) is 0. The lowest BCUT2D eigenvalue weighted by Crippen LogP contribution is -2.39. The second-order valence-electron chi connectivity index (χ2n) is 7.21. The predicted octanol–water partition coefficient (Wildman–Crippen LogP) is 3.46. The molecule has 1 N–H and O–H groups in total. The van der Waals surface area contributed by atoms with E-state index in [1.54, 1.807) is 0 Å². The van der Waals surface area contributed by atoms with Gasteiger partial charge in [-0.2, -0.15) is 0 Å². The van der Waals surface area contributed by atoms with Gasteiger partial charge in [0.05, 0.1) is 0 Å². The van der Waals surface area contributed by atoms with Crippen molar-refractivity contribution in [3.8, 4) is 5.75 Å². The van der Waals surface area contributed by atoms with Gasteiger partial charge in [0, 0.05) is 25.2 Å². The first-order valence-corrected chi connectivity index (χ1v) is 8.92. The van der Waals surface area contributed by atoms with E-state index in [1.807, 2.05) is 12.1 Å². The molecular weight excluding hydrogens is 288 g/mol. The van der Waals surface area contributed by atoms with Gasteiger partial charge in [-0.15, -0.1) is 0 Å². The summed E-state index contributed by atoms with van der Waals surface area (Å²) in [5.74, 6) is 1.83. The third-order valence-corrected chi connectivity index (χ3v) is 4.83. The molecule has 0 radical (unpaired) electrons. The van der Waals surface area contributed by atoms with E-state index in [-0.39, 0.29) is 5.91 Å². The number of nitrogens with zero attached hydrogens (tertiary/aromatic N) is 1. The maximum Gasteiger partial charge on any atom is 0.224 e. The molecule has 1 aromatic rings. The molecule has 4 nitrogen and oxygen atoms in total. The molecule has 1 fully saturated rings. The van der Waals surface area contributed by atoms with Crippen molar-refractivity contribution in [3.63, 3.8) is 0 Å². The molecular formula is C19H28N2O2. The first-order chi connectivity index (χ1) is 11.1. The minimum absolute atomic E-state index is 0.111. The Bertz CT molecular complexity index is 548. The van der Waals surface area contributed by atoms with Crippen LogP contribution in [0.3, 0.4) is 0 Å². The van der Waals surface area contributed by atoms with Crippen LogP contribution >= 0.6 is 0 Å². The SMILES string of the molecule is CC(C)CCN1CCC(Oc2ccc3c(c2)CCC(=O)N3)CC1. The molecule has 1 amide bonds. The predicted molar refractivity (Wildman–Crippen MR) is 92.9 cm³/mol. The average Bonchev–Trinajstić information content (AvgIpc) is 2.54. The topological polar surface area (TPSA) is 41.6 Å². The molecule has 2 heterocycles. The van der Waals surface area contributed by atoms with Crippen LogP contribution in [0.1, 0.15) is 45.1 Å². The highest BCUT2D eigenvalue weighted by atomic mass is 16.5. The molecule has 126 valence electrons. The molecule has 2 aliphatic heterocycles. The van der Waals surface area contributed by atoms with Crippen molar-refractivity contribution in [1.29, 1.82) is 0 Å². The number of fused-ring (bicyclic) bond motifs is 1. The van der Waals surface area contributed by atoms with Crippen LogP contribution in [0.4, 0.5) is 5.69 Å². The Hall–Kier alpha value is -1.55. The number of piperidine rings is 1. The Morgan fingerprint density at radius 1 is 1.26 bits per heavy atom. The molecule has 0 atom stereocenters. The Kier molecular flexibility index (Phi) is 5.21. The zero-order chi connectivity index (χ0) is 16.2. The first kappa shape index (κ1) is 16.3. The minimum Gasteiger partial charge on any atom is -0.490 e. The average molecular weight is 316 g/mol. The number of benzene rings is 1. The standard InChI is InChI=1S/C19H28N2O2/c1-14(2)7-10-21-11-8-16(9-12-21)23-17-4-5-18-15(13-17)3-6-19(22)20-18/h4-5,13-14,16H,3,6-12H2,1-2H3,(H,20,22). The van der Waals surface area contributed by atoms with Crippen molar-refractivity contribution in [2.45, 2.75) is 52.1 Å². The fraction of sp³-hybridized carbons (Fsp3) is 0.632. The minimum atomic E-state index is 0.111. The fourth-order valence-electron chi connectivity index (χ4n) is 3.32. The lowest BCUT2D eigenvalue weighted by molar-refractivity contribution is -0.116. The number of nitrogens with one attached hydrogen (secondary N) is 1. The van der Waals surface area contributed by atoms with Gasteiger partial charge in [-0.25, -0.2) is 0 Å². The number of aryl methyl sites for hydroxylation is 1. The number of amides is 1. The molecule has 1 saturated heterocycles. The summed E-state index contributed by atoms with van der Waals surface area (Å²) in [6.45, 7) is 8.06. The highest BCUT2D eigenvalue weighted by Crippen LogP contribution is 2.28. The molecule has 2 aliphatic rings. The van der Waals surface area contributed by atoms with E-state index in [2.05, 4.69) is 30.1 Å². The summed E-state index contributed by atoms with van der Waals surface area (Å²) >= 11 is 0. The number of carbonyl (C=O) groups excluding carboxylic acids is 1. The molecule has 0 unspecified atom stereocenters. The van der Waals surface area contributed by atoms with Gasteiger partial charge in [-0.05, 0) is 61.9 Å². The summed E-state index contributed by atoms with van der Waals surface area (Å²) in [6, 6.07) is 6.05. The van der Waals surface area contributed by atoms with Gasteiger partial charge in [-0.1, -0.05) is 13.8 Å². The Balaban J connectivity index is 1.50. The Morgan fingerprint density at radius 3 is 2.78 bits per heavy atom. The zero-order valence-corrected chi connectivity index (χ0v) is 14.3. The number of rotatable bonds is 5. The van der Waals surface area contributed by atoms with Gasteiger partial charge in [0.1, 0.15) is 11.9 Å². The van der Waals surface area contributed by atoms with Crippen LogP contribution in [-0.2, 0) is 11.2 Å². The van der Waals surface area contributed by atoms with Crippen LogP contribution in [0, 0.1) is 5.92 Å².